The van der Waals surface area contributed by atoms with Crippen LogP contribution in [0.1, 0.15) is 29.0 Å². The summed E-state index contributed by atoms with van der Waals surface area (Å²) in [5, 5.41) is 12.5. The van der Waals surface area contributed by atoms with Gasteiger partial charge in [0.25, 0.3) is 0 Å². The van der Waals surface area contributed by atoms with Crippen LogP contribution in [0.2, 0.25) is 5.02 Å². The fourth-order valence-electron chi connectivity index (χ4n) is 4.14. The predicted octanol–water partition coefficient (Wildman–Crippen LogP) is 5.26. The Hall–Kier alpha value is -3.31. The Kier molecular flexibility index (Phi) is 6.23. The first-order valence-corrected chi connectivity index (χ1v) is 10.5. The highest BCUT2D eigenvalue weighted by molar-refractivity contribution is 6.30. The van der Waals surface area contributed by atoms with Gasteiger partial charge in [0.15, 0.2) is 0 Å². The molecule has 0 fully saturated rings. The first kappa shape index (κ1) is 20.9. The molecule has 1 aliphatic rings. The zero-order valence-corrected chi connectivity index (χ0v) is 17.5. The lowest BCUT2D eigenvalue weighted by Crippen LogP contribution is -2.39. The summed E-state index contributed by atoms with van der Waals surface area (Å²) in [7, 11) is 0. The van der Waals surface area contributed by atoms with Crippen molar-refractivity contribution < 1.29 is 19.4 Å². The zero-order valence-electron chi connectivity index (χ0n) is 16.8. The number of nitrogens with one attached hydrogen (secondary N) is 1. The Morgan fingerprint density at radius 1 is 0.968 bits per heavy atom. The Labute approximate surface area is 185 Å². The molecule has 5 nitrogen and oxygen atoms in total. The van der Waals surface area contributed by atoms with Gasteiger partial charge in [0.2, 0.25) is 0 Å². The first-order valence-electron chi connectivity index (χ1n) is 10.1. The van der Waals surface area contributed by atoms with E-state index in [0.717, 1.165) is 27.8 Å². The first-order chi connectivity index (χ1) is 15.0. The van der Waals surface area contributed by atoms with Crippen LogP contribution in [0, 0.1) is 0 Å². The van der Waals surface area contributed by atoms with Gasteiger partial charge >= 0.3 is 12.1 Å². The molecule has 4 rings (SSSR count). The van der Waals surface area contributed by atoms with Crippen LogP contribution in [-0.2, 0) is 16.0 Å². The second kappa shape index (κ2) is 9.23. The van der Waals surface area contributed by atoms with Crippen LogP contribution in [0.5, 0.6) is 0 Å². The Morgan fingerprint density at radius 2 is 1.61 bits per heavy atom. The SMILES string of the molecule is O=C(O)C[C@H](Cc1cccc(Cl)c1)NC(=O)OCC1c2ccccc2-c2ccccc21. The van der Waals surface area contributed by atoms with Gasteiger partial charge in [0, 0.05) is 17.0 Å². The van der Waals surface area contributed by atoms with Gasteiger partial charge in [-0.05, 0) is 46.4 Å². The van der Waals surface area contributed by atoms with Crippen molar-refractivity contribution in [3.05, 3.63) is 94.5 Å². The van der Waals surface area contributed by atoms with Gasteiger partial charge in [-0.1, -0.05) is 72.3 Å². The number of alkyl carbamates (subject to hydrolysis) is 1. The quantitative estimate of drug-likeness (QED) is 0.530. The second-order valence-electron chi connectivity index (χ2n) is 7.60. The molecule has 2 N–H and O–H groups in total. The molecule has 0 unspecified atom stereocenters. The van der Waals surface area contributed by atoms with Gasteiger partial charge in [-0.2, -0.15) is 0 Å². The standard InChI is InChI=1S/C25H22ClNO4/c26-17-7-5-6-16(12-17)13-18(14-24(28)29)27-25(30)31-15-23-21-10-3-1-8-19(21)20-9-2-4-11-22(20)23/h1-12,18,23H,13-15H2,(H,27,30)(H,28,29)/t18-/m0/s1. The highest BCUT2D eigenvalue weighted by Gasteiger charge is 2.29. The lowest BCUT2D eigenvalue weighted by Gasteiger charge is -2.19. The largest absolute Gasteiger partial charge is 0.481 e. The number of carboxylic acids is 1. The molecule has 0 heterocycles. The molecule has 0 aliphatic heterocycles. The summed E-state index contributed by atoms with van der Waals surface area (Å²) in [5.74, 6) is -1.05. The molecule has 0 saturated heterocycles. The van der Waals surface area contributed by atoms with Gasteiger partial charge in [0.1, 0.15) is 6.61 Å². The summed E-state index contributed by atoms with van der Waals surface area (Å²) >= 11 is 6.02. The molecule has 1 aliphatic carbocycles. The Morgan fingerprint density at radius 3 is 2.23 bits per heavy atom. The number of carboxylic acid groups (broad SMARTS) is 1. The zero-order chi connectivity index (χ0) is 21.8. The third kappa shape index (κ3) is 4.89. The summed E-state index contributed by atoms with van der Waals surface area (Å²) < 4.78 is 5.54. The van der Waals surface area contributed by atoms with E-state index in [4.69, 9.17) is 16.3 Å². The van der Waals surface area contributed by atoms with Crippen LogP contribution in [0.15, 0.2) is 72.8 Å². The minimum atomic E-state index is -0.994. The van der Waals surface area contributed by atoms with Crippen molar-refractivity contribution in [3.63, 3.8) is 0 Å². The highest BCUT2D eigenvalue weighted by Crippen LogP contribution is 2.44. The van der Waals surface area contributed by atoms with E-state index in [1.165, 1.54) is 0 Å². The smallest absolute Gasteiger partial charge is 0.407 e. The van der Waals surface area contributed by atoms with Crippen LogP contribution in [0.3, 0.4) is 0 Å². The van der Waals surface area contributed by atoms with Crippen LogP contribution < -0.4 is 5.32 Å². The molecule has 158 valence electrons. The van der Waals surface area contributed by atoms with E-state index in [1.807, 2.05) is 42.5 Å². The maximum absolute atomic E-state index is 12.5. The van der Waals surface area contributed by atoms with Gasteiger partial charge < -0.3 is 15.2 Å². The molecule has 0 radical (unpaired) electrons. The van der Waals surface area contributed by atoms with Gasteiger partial charge in [-0.15, -0.1) is 0 Å². The number of carbonyl (C=O) groups is 2. The molecule has 0 saturated carbocycles. The fourth-order valence-corrected chi connectivity index (χ4v) is 4.35. The minimum Gasteiger partial charge on any atom is -0.481 e. The molecule has 3 aromatic rings. The third-order valence-corrected chi connectivity index (χ3v) is 5.69. The van der Waals surface area contributed by atoms with E-state index in [2.05, 4.69) is 17.4 Å². The summed E-state index contributed by atoms with van der Waals surface area (Å²) in [6, 6.07) is 22.7. The summed E-state index contributed by atoms with van der Waals surface area (Å²) in [6.45, 7) is 0.177. The molecule has 3 aromatic carbocycles. The number of carbonyl (C=O) groups excluding carboxylic acids is 1. The number of hydrogen-bond acceptors (Lipinski definition) is 3. The molecule has 31 heavy (non-hydrogen) atoms. The van der Waals surface area contributed by atoms with Gasteiger partial charge in [-0.25, -0.2) is 4.79 Å². The average molecular weight is 436 g/mol. The summed E-state index contributed by atoms with van der Waals surface area (Å²) in [5.41, 5.74) is 5.39. The van der Waals surface area contributed by atoms with E-state index in [1.54, 1.807) is 18.2 Å². The Balaban J connectivity index is 1.43. The number of hydrogen-bond donors (Lipinski definition) is 2. The number of aliphatic carboxylic acids is 1. The fraction of sp³-hybridized carbons (Fsp3) is 0.200. The van der Waals surface area contributed by atoms with E-state index < -0.39 is 18.1 Å². The number of amides is 1. The molecule has 1 amide bonds. The van der Waals surface area contributed by atoms with E-state index in [-0.39, 0.29) is 18.9 Å². The highest BCUT2D eigenvalue weighted by atomic mass is 35.5. The molecule has 0 bridgehead atoms. The van der Waals surface area contributed by atoms with Crippen LogP contribution >= 0.6 is 11.6 Å². The third-order valence-electron chi connectivity index (χ3n) is 5.46. The van der Waals surface area contributed by atoms with E-state index in [9.17, 15) is 14.7 Å². The van der Waals surface area contributed by atoms with Crippen LogP contribution in [0.4, 0.5) is 4.79 Å². The van der Waals surface area contributed by atoms with Crippen molar-refractivity contribution in [1.82, 2.24) is 5.32 Å². The number of ether oxygens (including phenoxy) is 1. The van der Waals surface area contributed by atoms with Gasteiger partial charge in [-0.3, -0.25) is 4.79 Å². The number of rotatable bonds is 7. The van der Waals surface area contributed by atoms with Crippen molar-refractivity contribution in [2.75, 3.05) is 6.61 Å². The predicted molar refractivity (Wildman–Crippen MR) is 119 cm³/mol. The van der Waals surface area contributed by atoms with Gasteiger partial charge in [0.05, 0.1) is 6.42 Å². The second-order valence-corrected chi connectivity index (χ2v) is 8.04. The topological polar surface area (TPSA) is 75.6 Å². The number of benzene rings is 3. The number of fused-ring (bicyclic) bond motifs is 3. The molecule has 0 aromatic heterocycles. The molecule has 1 atom stereocenters. The minimum absolute atomic E-state index is 0.0518. The maximum Gasteiger partial charge on any atom is 0.407 e. The molecule has 0 spiro atoms. The van der Waals surface area contributed by atoms with Crippen molar-refractivity contribution >= 4 is 23.7 Å². The lowest BCUT2D eigenvalue weighted by atomic mass is 9.98. The van der Waals surface area contributed by atoms with Crippen molar-refractivity contribution in [2.45, 2.75) is 24.8 Å². The summed E-state index contributed by atoms with van der Waals surface area (Å²) in [6.07, 6.45) is -0.497. The average Bonchev–Trinajstić information content (AvgIpc) is 3.06. The van der Waals surface area contributed by atoms with Crippen molar-refractivity contribution in [2.24, 2.45) is 0 Å². The molecule has 6 heteroatoms. The van der Waals surface area contributed by atoms with E-state index in [0.29, 0.717) is 11.4 Å². The van der Waals surface area contributed by atoms with E-state index >= 15 is 0 Å². The monoisotopic (exact) mass is 435 g/mol. The van der Waals surface area contributed by atoms with Crippen LogP contribution in [-0.4, -0.2) is 29.8 Å². The van der Waals surface area contributed by atoms with Crippen LogP contribution in [0.25, 0.3) is 11.1 Å². The Bertz CT molecular complexity index is 1070. The molecular formula is C25H22ClNO4. The maximum atomic E-state index is 12.5. The van der Waals surface area contributed by atoms with Crippen molar-refractivity contribution in [3.8, 4) is 11.1 Å². The lowest BCUT2D eigenvalue weighted by molar-refractivity contribution is -0.137. The molecular weight excluding hydrogens is 414 g/mol. The number of halogens is 1. The normalized spacial score (nSPS) is 13.2. The summed E-state index contributed by atoms with van der Waals surface area (Å²) in [4.78, 5) is 23.8. The van der Waals surface area contributed by atoms with Crippen molar-refractivity contribution in [1.29, 1.82) is 0 Å².